The van der Waals surface area contributed by atoms with Gasteiger partial charge in [0.15, 0.2) is 23.3 Å². The van der Waals surface area contributed by atoms with E-state index in [9.17, 15) is 17.6 Å². The summed E-state index contributed by atoms with van der Waals surface area (Å²) in [4.78, 5) is 3.75. The van der Waals surface area contributed by atoms with Gasteiger partial charge in [-0.25, -0.2) is 17.6 Å². The van der Waals surface area contributed by atoms with Crippen LogP contribution in [0.15, 0.2) is 218 Å². The average molecular weight is 849 g/mol. The van der Waals surface area contributed by atoms with Crippen LogP contribution in [0.25, 0.3) is 0 Å². The molecule has 0 saturated heterocycles. The van der Waals surface area contributed by atoms with Gasteiger partial charge in [-0.1, -0.05) is 36.4 Å². The van der Waals surface area contributed by atoms with Crippen molar-refractivity contribution in [2.75, 3.05) is 31.1 Å². The number of anilines is 14. The molecule has 0 spiro atoms. The lowest BCUT2D eigenvalue weighted by Gasteiger charge is -2.25. The predicted octanol–water partition coefficient (Wildman–Crippen LogP) is 16.2. The highest BCUT2D eigenvalue weighted by Gasteiger charge is 2.16. The first-order valence-electron chi connectivity index (χ1n) is 20.5. The maximum atomic E-state index is 14.2. The van der Waals surface area contributed by atoms with Gasteiger partial charge in [-0.2, -0.15) is 0 Å². The normalized spacial score (nSPS) is 10.8. The van der Waals surface area contributed by atoms with E-state index < -0.39 is 23.3 Å². The summed E-state index contributed by atoms with van der Waals surface area (Å²) in [6, 6.07) is 66.5. The molecular weight excluding hydrogens is 809 g/mol. The van der Waals surface area contributed by atoms with Crippen molar-refractivity contribution in [2.24, 2.45) is 0 Å². The molecule has 0 aromatic heterocycles. The monoisotopic (exact) mass is 848 g/mol. The van der Waals surface area contributed by atoms with Crippen LogP contribution in [-0.4, -0.2) is 0 Å². The number of hydrogen-bond acceptors (Lipinski definition) is 6. The van der Waals surface area contributed by atoms with Crippen LogP contribution in [0, 0.1) is 23.3 Å². The maximum Gasteiger partial charge on any atom is 0.160 e. The van der Waals surface area contributed by atoms with Crippen molar-refractivity contribution in [1.82, 2.24) is 0 Å². The Morgan fingerprint density at radius 1 is 0.219 bits per heavy atom. The Hall–Kier alpha value is -8.50. The number of nitrogens with one attached hydrogen (secondary N) is 4. The molecule has 0 heterocycles. The smallest absolute Gasteiger partial charge is 0.160 e. The zero-order chi connectivity index (χ0) is 43.8. The Kier molecular flexibility index (Phi) is 11.9. The molecule has 9 aromatic rings. The molecule has 0 fully saturated rings. The Balaban J connectivity index is 0.782. The summed E-state index contributed by atoms with van der Waals surface area (Å²) in [7, 11) is 0. The second kappa shape index (κ2) is 18.6. The molecule has 0 bridgehead atoms. The Bertz CT molecular complexity index is 2750. The minimum atomic E-state index is -0.904. The largest absolute Gasteiger partial charge is 0.356 e. The van der Waals surface area contributed by atoms with Gasteiger partial charge in [-0.3, -0.25) is 0 Å². The second-order valence-corrected chi connectivity index (χ2v) is 14.9. The van der Waals surface area contributed by atoms with Crippen molar-refractivity contribution in [3.05, 3.63) is 242 Å². The first-order valence-corrected chi connectivity index (χ1v) is 20.5. The van der Waals surface area contributed by atoms with Gasteiger partial charge in [-0.15, -0.1) is 0 Å². The fourth-order valence-corrected chi connectivity index (χ4v) is 7.26. The Morgan fingerprint density at radius 3 is 0.688 bits per heavy atom. The number of hydrogen-bond donors (Lipinski definition) is 4. The van der Waals surface area contributed by atoms with Crippen LogP contribution in [0.1, 0.15) is 0 Å². The van der Waals surface area contributed by atoms with E-state index in [1.165, 1.54) is 12.1 Å². The summed E-state index contributed by atoms with van der Waals surface area (Å²) < 4.78 is 56.0. The summed E-state index contributed by atoms with van der Waals surface area (Å²) >= 11 is 0. The van der Waals surface area contributed by atoms with Crippen molar-refractivity contribution < 1.29 is 17.6 Å². The third-order valence-electron chi connectivity index (χ3n) is 10.4. The van der Waals surface area contributed by atoms with Crippen LogP contribution < -0.4 is 31.1 Å². The van der Waals surface area contributed by atoms with Gasteiger partial charge >= 0.3 is 0 Å². The van der Waals surface area contributed by atoms with Crippen LogP contribution in [0.5, 0.6) is 0 Å². The molecule has 4 N–H and O–H groups in total. The molecule has 9 aromatic carbocycles. The Labute approximate surface area is 368 Å². The average Bonchev–Trinajstić information content (AvgIpc) is 3.33. The molecule has 64 heavy (non-hydrogen) atoms. The van der Waals surface area contributed by atoms with Crippen LogP contribution >= 0.6 is 0 Å². The summed E-state index contributed by atoms with van der Waals surface area (Å²) in [5.74, 6) is -3.59. The van der Waals surface area contributed by atoms with E-state index in [0.717, 1.165) is 80.4 Å². The summed E-state index contributed by atoms with van der Waals surface area (Å²) in [5.41, 5.74) is 11.6. The van der Waals surface area contributed by atoms with Gasteiger partial charge in [0.1, 0.15) is 0 Å². The van der Waals surface area contributed by atoms with Crippen molar-refractivity contribution >= 4 is 79.6 Å². The highest BCUT2D eigenvalue weighted by atomic mass is 19.2. The zero-order valence-electron chi connectivity index (χ0n) is 34.2. The molecule has 0 aliphatic carbocycles. The Morgan fingerprint density at radius 2 is 0.438 bits per heavy atom. The number of rotatable bonds is 14. The topological polar surface area (TPSA) is 54.6 Å². The molecular formula is C54H40F4N6. The number of halogens is 4. The van der Waals surface area contributed by atoms with Crippen LogP contribution in [-0.2, 0) is 0 Å². The van der Waals surface area contributed by atoms with Crippen molar-refractivity contribution in [3.63, 3.8) is 0 Å². The van der Waals surface area contributed by atoms with E-state index in [4.69, 9.17) is 0 Å². The van der Waals surface area contributed by atoms with Gasteiger partial charge < -0.3 is 31.1 Å². The lowest BCUT2D eigenvalue weighted by Crippen LogP contribution is -2.10. The highest BCUT2D eigenvalue weighted by molar-refractivity contribution is 5.80. The molecule has 10 heteroatoms. The first kappa shape index (κ1) is 40.9. The first-order chi connectivity index (χ1) is 31.3. The summed E-state index contributed by atoms with van der Waals surface area (Å²) in [5, 5.41) is 13.8. The van der Waals surface area contributed by atoms with E-state index in [1.54, 1.807) is 12.1 Å². The van der Waals surface area contributed by atoms with Crippen LogP contribution in [0.4, 0.5) is 97.2 Å². The molecule has 0 aliphatic rings. The van der Waals surface area contributed by atoms with Gasteiger partial charge in [-0.05, 0) is 170 Å². The van der Waals surface area contributed by atoms with Gasteiger partial charge in [0.2, 0.25) is 0 Å². The zero-order valence-corrected chi connectivity index (χ0v) is 34.2. The maximum absolute atomic E-state index is 14.2. The number of para-hydroxylation sites is 2. The van der Waals surface area contributed by atoms with Crippen molar-refractivity contribution in [3.8, 4) is 0 Å². The lowest BCUT2D eigenvalue weighted by molar-refractivity contribution is 0.509. The second-order valence-electron chi connectivity index (χ2n) is 14.9. The third kappa shape index (κ3) is 9.67. The minimum Gasteiger partial charge on any atom is -0.356 e. The van der Waals surface area contributed by atoms with Gasteiger partial charge in [0.25, 0.3) is 0 Å². The molecule has 9 rings (SSSR count). The SMILES string of the molecule is Fc1ccc(N(c2ccccc2)c2ccc(Nc3ccc(Nc4ccc(Nc5ccc(Nc6ccc(N(c7ccccc7)c7ccc(F)c(F)c7)cc6)cc5)cc4)cc3)cc2)cc1F. The lowest BCUT2D eigenvalue weighted by atomic mass is 10.1. The molecule has 0 saturated carbocycles. The predicted molar refractivity (Wildman–Crippen MR) is 255 cm³/mol. The molecule has 0 atom stereocenters. The van der Waals surface area contributed by atoms with Gasteiger partial charge in [0, 0.05) is 91.8 Å². The highest BCUT2D eigenvalue weighted by Crippen LogP contribution is 2.38. The van der Waals surface area contributed by atoms with E-state index in [0.29, 0.717) is 11.4 Å². The summed E-state index contributed by atoms with van der Waals surface area (Å²) in [6.45, 7) is 0. The summed E-state index contributed by atoms with van der Waals surface area (Å²) in [6.07, 6.45) is 0. The van der Waals surface area contributed by atoms with Crippen LogP contribution in [0.2, 0.25) is 0 Å². The fraction of sp³-hybridized carbons (Fsp3) is 0. The molecule has 6 nitrogen and oxygen atoms in total. The van der Waals surface area contributed by atoms with E-state index in [1.807, 2.05) is 192 Å². The third-order valence-corrected chi connectivity index (χ3v) is 10.4. The fourth-order valence-electron chi connectivity index (χ4n) is 7.26. The van der Waals surface area contributed by atoms with Gasteiger partial charge in [0.05, 0.1) is 0 Å². The molecule has 314 valence electrons. The molecule has 0 unspecified atom stereocenters. The van der Waals surface area contributed by atoms with E-state index in [2.05, 4.69) is 21.3 Å². The molecule has 0 radical (unpaired) electrons. The molecule has 0 amide bonds. The van der Waals surface area contributed by atoms with E-state index >= 15 is 0 Å². The van der Waals surface area contributed by atoms with E-state index in [-0.39, 0.29) is 0 Å². The molecule has 0 aliphatic heterocycles. The number of benzene rings is 9. The standard InChI is InChI=1S/C54H40F4N6/c55-51-33-31-49(35-53(51)57)63(45-7-3-1-4-8-45)47-27-23-43(24-28-47)61-41-19-15-39(16-20-41)59-37-11-13-38(14-12-37)60-40-17-21-42(22-18-40)62-44-25-29-48(30-26-44)64(46-9-5-2-6-10-46)50-32-34-52(56)54(58)36-50/h1-36,59-62H. The minimum absolute atomic E-state index is 0.514. The quantitative estimate of drug-likeness (QED) is 0.0818. The van der Waals surface area contributed by atoms with Crippen molar-refractivity contribution in [1.29, 1.82) is 0 Å². The van der Waals surface area contributed by atoms with Crippen LogP contribution in [0.3, 0.4) is 0 Å². The van der Waals surface area contributed by atoms with Crippen molar-refractivity contribution in [2.45, 2.75) is 0 Å². The number of nitrogens with zero attached hydrogens (tertiary/aromatic N) is 2.